The van der Waals surface area contributed by atoms with Gasteiger partial charge in [0, 0.05) is 5.56 Å². The molecule has 0 aromatic heterocycles. The Morgan fingerprint density at radius 3 is 2.25 bits per heavy atom. The van der Waals surface area contributed by atoms with Crippen LogP contribution in [0.2, 0.25) is 0 Å². The Morgan fingerprint density at radius 2 is 1.55 bits per heavy atom. The normalized spacial score (nSPS) is 13.6. The molecule has 0 radical (unpaired) electrons. The van der Waals surface area contributed by atoms with E-state index in [-0.39, 0.29) is 0 Å². The number of carbonyl (C=O) groups excluding carboxylic acids is 1. The number of aryl methyl sites for hydroxylation is 2. The molecule has 0 atom stereocenters. The first kappa shape index (κ1) is 12.7. The smallest absolute Gasteiger partial charge is 0.248 e. The van der Waals surface area contributed by atoms with Crippen LogP contribution in [0.1, 0.15) is 34.3 Å². The first-order valence-corrected chi connectivity index (χ1v) is 6.92. The van der Waals surface area contributed by atoms with Gasteiger partial charge >= 0.3 is 0 Å². The van der Waals surface area contributed by atoms with Crippen LogP contribution in [0.3, 0.4) is 0 Å². The monoisotopic (exact) mass is 267 g/mol. The van der Waals surface area contributed by atoms with Gasteiger partial charge in [0.05, 0.1) is 0 Å². The molecule has 2 N–H and O–H groups in total. The SMILES string of the molecule is NC(=O)c1ccc(Oc2ccc3c(c2)CCCC3)cc1. The van der Waals surface area contributed by atoms with Crippen LogP contribution in [0.15, 0.2) is 42.5 Å². The molecule has 20 heavy (non-hydrogen) atoms. The largest absolute Gasteiger partial charge is 0.457 e. The van der Waals surface area contributed by atoms with Gasteiger partial charge < -0.3 is 10.5 Å². The third-order valence-corrected chi connectivity index (χ3v) is 3.69. The van der Waals surface area contributed by atoms with Crippen molar-refractivity contribution in [3.63, 3.8) is 0 Å². The molecular formula is C17H17NO2. The highest BCUT2D eigenvalue weighted by molar-refractivity contribution is 5.92. The lowest BCUT2D eigenvalue weighted by Gasteiger charge is -2.16. The molecule has 0 fully saturated rings. The van der Waals surface area contributed by atoms with Crippen LogP contribution < -0.4 is 10.5 Å². The lowest BCUT2D eigenvalue weighted by molar-refractivity contribution is 0.100. The number of fused-ring (bicyclic) bond motifs is 1. The van der Waals surface area contributed by atoms with Crippen molar-refractivity contribution in [2.45, 2.75) is 25.7 Å². The van der Waals surface area contributed by atoms with E-state index in [0.29, 0.717) is 11.3 Å². The molecule has 0 bridgehead atoms. The second kappa shape index (κ2) is 5.37. The summed E-state index contributed by atoms with van der Waals surface area (Å²) in [5, 5.41) is 0. The average molecular weight is 267 g/mol. The number of ether oxygens (including phenoxy) is 1. The zero-order valence-electron chi connectivity index (χ0n) is 11.3. The fraction of sp³-hybridized carbons (Fsp3) is 0.235. The lowest BCUT2D eigenvalue weighted by atomic mass is 9.92. The number of amides is 1. The summed E-state index contributed by atoms with van der Waals surface area (Å²) in [6.45, 7) is 0. The van der Waals surface area contributed by atoms with Crippen molar-refractivity contribution in [1.82, 2.24) is 0 Å². The molecule has 0 unspecified atom stereocenters. The van der Waals surface area contributed by atoms with E-state index in [1.54, 1.807) is 24.3 Å². The maximum Gasteiger partial charge on any atom is 0.248 e. The van der Waals surface area contributed by atoms with E-state index in [4.69, 9.17) is 10.5 Å². The Morgan fingerprint density at radius 1 is 0.900 bits per heavy atom. The van der Waals surface area contributed by atoms with E-state index in [1.807, 2.05) is 6.07 Å². The lowest BCUT2D eigenvalue weighted by Crippen LogP contribution is -2.10. The summed E-state index contributed by atoms with van der Waals surface area (Å²) >= 11 is 0. The van der Waals surface area contributed by atoms with E-state index in [9.17, 15) is 4.79 Å². The summed E-state index contributed by atoms with van der Waals surface area (Å²) in [5.74, 6) is 1.13. The average Bonchev–Trinajstić information content (AvgIpc) is 2.48. The molecule has 2 aromatic rings. The van der Waals surface area contributed by atoms with Gasteiger partial charge in [-0.15, -0.1) is 0 Å². The molecule has 3 rings (SSSR count). The molecule has 1 amide bonds. The number of nitrogens with two attached hydrogens (primary N) is 1. The van der Waals surface area contributed by atoms with Crippen molar-refractivity contribution in [2.75, 3.05) is 0 Å². The summed E-state index contributed by atoms with van der Waals surface area (Å²) in [6.07, 6.45) is 4.83. The molecule has 3 heteroatoms. The fourth-order valence-corrected chi connectivity index (χ4v) is 2.60. The summed E-state index contributed by atoms with van der Waals surface area (Å²) in [5.41, 5.74) is 8.53. The van der Waals surface area contributed by atoms with Crippen molar-refractivity contribution in [1.29, 1.82) is 0 Å². The van der Waals surface area contributed by atoms with Gasteiger partial charge in [-0.2, -0.15) is 0 Å². The first-order chi connectivity index (χ1) is 9.72. The van der Waals surface area contributed by atoms with Crippen LogP contribution in [0, 0.1) is 0 Å². The quantitative estimate of drug-likeness (QED) is 0.926. The molecule has 0 heterocycles. The van der Waals surface area contributed by atoms with Gasteiger partial charge in [0.2, 0.25) is 5.91 Å². The summed E-state index contributed by atoms with van der Waals surface area (Å²) in [7, 11) is 0. The molecule has 3 nitrogen and oxygen atoms in total. The van der Waals surface area contributed by atoms with Crippen LogP contribution in [0.25, 0.3) is 0 Å². The first-order valence-electron chi connectivity index (χ1n) is 6.92. The van der Waals surface area contributed by atoms with Gasteiger partial charge in [0.25, 0.3) is 0 Å². The van der Waals surface area contributed by atoms with Gasteiger partial charge in [0.1, 0.15) is 11.5 Å². The second-order valence-electron chi connectivity index (χ2n) is 5.13. The Balaban J connectivity index is 1.78. The number of hydrogen-bond acceptors (Lipinski definition) is 2. The number of benzene rings is 2. The molecule has 2 aromatic carbocycles. The standard InChI is InChI=1S/C17H17NO2/c18-17(19)13-6-8-15(9-7-13)20-16-10-5-12-3-1-2-4-14(12)11-16/h5-11H,1-4H2,(H2,18,19). The Hall–Kier alpha value is -2.29. The van der Waals surface area contributed by atoms with Crippen LogP contribution in [0.5, 0.6) is 11.5 Å². The molecule has 1 aliphatic rings. The van der Waals surface area contributed by atoms with Crippen molar-refractivity contribution in [3.8, 4) is 11.5 Å². The predicted molar refractivity (Wildman–Crippen MR) is 78.1 cm³/mol. The number of primary amides is 1. The molecule has 0 aliphatic heterocycles. The minimum Gasteiger partial charge on any atom is -0.457 e. The van der Waals surface area contributed by atoms with E-state index < -0.39 is 5.91 Å². The van der Waals surface area contributed by atoms with Gasteiger partial charge in [-0.05, 0) is 73.2 Å². The Bertz CT molecular complexity index is 632. The summed E-state index contributed by atoms with van der Waals surface area (Å²) in [6, 6.07) is 13.2. The maximum atomic E-state index is 11.0. The molecule has 0 saturated carbocycles. The molecular weight excluding hydrogens is 250 g/mol. The van der Waals surface area contributed by atoms with E-state index >= 15 is 0 Å². The number of hydrogen-bond donors (Lipinski definition) is 1. The van der Waals surface area contributed by atoms with Crippen molar-refractivity contribution >= 4 is 5.91 Å². The van der Waals surface area contributed by atoms with E-state index in [1.165, 1.54) is 30.4 Å². The summed E-state index contributed by atoms with van der Waals surface area (Å²) in [4.78, 5) is 11.0. The fourth-order valence-electron chi connectivity index (χ4n) is 2.60. The van der Waals surface area contributed by atoms with Gasteiger partial charge in [-0.25, -0.2) is 0 Å². The molecule has 0 saturated heterocycles. The van der Waals surface area contributed by atoms with Crippen molar-refractivity contribution in [2.24, 2.45) is 5.73 Å². The van der Waals surface area contributed by atoms with Crippen LogP contribution in [-0.2, 0) is 12.8 Å². The topological polar surface area (TPSA) is 52.3 Å². The number of carbonyl (C=O) groups is 1. The highest BCUT2D eigenvalue weighted by Crippen LogP contribution is 2.28. The third-order valence-electron chi connectivity index (χ3n) is 3.69. The molecule has 102 valence electrons. The minimum atomic E-state index is -0.426. The van der Waals surface area contributed by atoms with Crippen molar-refractivity contribution in [3.05, 3.63) is 59.2 Å². The minimum absolute atomic E-state index is 0.426. The Labute approximate surface area is 118 Å². The van der Waals surface area contributed by atoms with Crippen LogP contribution in [0.4, 0.5) is 0 Å². The van der Waals surface area contributed by atoms with Gasteiger partial charge in [-0.3, -0.25) is 4.79 Å². The maximum absolute atomic E-state index is 11.0. The second-order valence-corrected chi connectivity index (χ2v) is 5.13. The molecule has 0 spiro atoms. The van der Waals surface area contributed by atoms with E-state index in [2.05, 4.69) is 12.1 Å². The zero-order valence-corrected chi connectivity index (χ0v) is 11.3. The van der Waals surface area contributed by atoms with Crippen LogP contribution in [-0.4, -0.2) is 5.91 Å². The highest BCUT2D eigenvalue weighted by atomic mass is 16.5. The number of rotatable bonds is 3. The molecule has 1 aliphatic carbocycles. The Kier molecular flexibility index (Phi) is 3.42. The van der Waals surface area contributed by atoms with Crippen LogP contribution >= 0.6 is 0 Å². The van der Waals surface area contributed by atoms with Crippen molar-refractivity contribution < 1.29 is 9.53 Å². The zero-order chi connectivity index (χ0) is 13.9. The summed E-state index contributed by atoms with van der Waals surface area (Å²) < 4.78 is 5.83. The predicted octanol–water partition coefficient (Wildman–Crippen LogP) is 3.46. The van der Waals surface area contributed by atoms with Gasteiger partial charge in [-0.1, -0.05) is 6.07 Å². The van der Waals surface area contributed by atoms with Gasteiger partial charge in [0.15, 0.2) is 0 Å². The highest BCUT2D eigenvalue weighted by Gasteiger charge is 2.10. The van der Waals surface area contributed by atoms with E-state index in [0.717, 1.165) is 12.2 Å². The third kappa shape index (κ3) is 2.67.